The zero-order valence-corrected chi connectivity index (χ0v) is 16.8. The molecule has 3 aromatic rings. The smallest absolute Gasteiger partial charge is 0.273 e. The molecule has 0 spiro atoms. The van der Waals surface area contributed by atoms with Gasteiger partial charge in [0, 0.05) is 24.8 Å². The molecule has 1 N–H and O–H groups in total. The van der Waals surface area contributed by atoms with Gasteiger partial charge in [0.15, 0.2) is 23.0 Å². The van der Waals surface area contributed by atoms with Crippen LogP contribution in [0.15, 0.2) is 59.1 Å². The van der Waals surface area contributed by atoms with Gasteiger partial charge in [0.1, 0.15) is 6.61 Å². The highest BCUT2D eigenvalue weighted by Crippen LogP contribution is 2.29. The molecule has 4 rings (SSSR count). The summed E-state index contributed by atoms with van der Waals surface area (Å²) < 4.78 is 22.2. The number of rotatable bonds is 8. The Labute approximate surface area is 174 Å². The zero-order chi connectivity index (χ0) is 20.8. The third-order valence-corrected chi connectivity index (χ3v) is 4.93. The maximum atomic E-state index is 12.4. The quantitative estimate of drug-likeness (QED) is 0.610. The van der Waals surface area contributed by atoms with Crippen molar-refractivity contribution in [3.8, 4) is 22.8 Å². The number of hydrogen-bond acceptors (Lipinski definition) is 6. The van der Waals surface area contributed by atoms with E-state index in [1.54, 1.807) is 13.2 Å². The second-order valence-electron chi connectivity index (χ2n) is 7.06. The van der Waals surface area contributed by atoms with Crippen molar-refractivity contribution in [3.63, 3.8) is 0 Å². The minimum atomic E-state index is -0.307. The number of carbonyl (C=O) groups is 1. The Bertz CT molecular complexity index is 980. The lowest BCUT2D eigenvalue weighted by atomic mass is 10.1. The molecule has 156 valence electrons. The van der Waals surface area contributed by atoms with Crippen LogP contribution in [0.2, 0.25) is 0 Å². The van der Waals surface area contributed by atoms with Gasteiger partial charge in [-0.3, -0.25) is 4.79 Å². The summed E-state index contributed by atoms with van der Waals surface area (Å²) in [5, 5.41) is 6.72. The van der Waals surface area contributed by atoms with E-state index in [4.69, 9.17) is 18.7 Å². The van der Waals surface area contributed by atoms with Gasteiger partial charge in [0.25, 0.3) is 5.91 Å². The van der Waals surface area contributed by atoms with Crippen molar-refractivity contribution in [1.82, 2.24) is 10.5 Å². The molecule has 7 nitrogen and oxygen atoms in total. The van der Waals surface area contributed by atoms with Gasteiger partial charge in [-0.15, -0.1) is 0 Å². The molecular weight excluding hydrogens is 384 g/mol. The van der Waals surface area contributed by atoms with Crippen molar-refractivity contribution in [3.05, 3.63) is 65.9 Å². The molecule has 1 aliphatic rings. The average Bonchev–Trinajstić information content (AvgIpc) is 3.49. The van der Waals surface area contributed by atoms with E-state index >= 15 is 0 Å². The summed E-state index contributed by atoms with van der Waals surface area (Å²) in [6, 6.07) is 16.7. The van der Waals surface area contributed by atoms with E-state index in [2.05, 4.69) is 10.5 Å². The highest BCUT2D eigenvalue weighted by molar-refractivity contribution is 5.93. The molecule has 1 aliphatic heterocycles. The first-order valence-electron chi connectivity index (χ1n) is 9.94. The Morgan fingerprint density at radius 3 is 2.80 bits per heavy atom. The Kier molecular flexibility index (Phi) is 6.29. The first-order valence-corrected chi connectivity index (χ1v) is 9.94. The molecule has 1 saturated heterocycles. The van der Waals surface area contributed by atoms with E-state index in [-0.39, 0.29) is 17.7 Å². The van der Waals surface area contributed by atoms with Gasteiger partial charge < -0.3 is 24.1 Å². The number of amides is 1. The topological polar surface area (TPSA) is 82.8 Å². The van der Waals surface area contributed by atoms with Crippen LogP contribution in [-0.4, -0.2) is 37.5 Å². The molecular formula is C23H24N2O5. The van der Waals surface area contributed by atoms with Crippen LogP contribution in [0.1, 0.15) is 28.9 Å². The van der Waals surface area contributed by atoms with Crippen LogP contribution in [0.3, 0.4) is 0 Å². The summed E-state index contributed by atoms with van der Waals surface area (Å²) in [5.74, 6) is 1.52. The maximum Gasteiger partial charge on any atom is 0.273 e. The first kappa shape index (κ1) is 20.0. The van der Waals surface area contributed by atoms with Crippen LogP contribution in [0, 0.1) is 0 Å². The minimum Gasteiger partial charge on any atom is -0.493 e. The van der Waals surface area contributed by atoms with Crippen molar-refractivity contribution in [2.24, 2.45) is 0 Å². The van der Waals surface area contributed by atoms with E-state index in [1.165, 1.54) is 0 Å². The molecule has 1 fully saturated rings. The largest absolute Gasteiger partial charge is 0.493 e. The molecule has 0 bridgehead atoms. The second-order valence-corrected chi connectivity index (χ2v) is 7.06. The molecule has 1 unspecified atom stereocenters. The second kappa shape index (κ2) is 9.45. The van der Waals surface area contributed by atoms with Gasteiger partial charge in [-0.05, 0) is 30.5 Å². The van der Waals surface area contributed by atoms with E-state index < -0.39 is 0 Å². The van der Waals surface area contributed by atoms with Gasteiger partial charge >= 0.3 is 0 Å². The van der Waals surface area contributed by atoms with Gasteiger partial charge in [0.05, 0.1) is 13.2 Å². The molecule has 1 atom stereocenters. The Morgan fingerprint density at radius 1 is 1.17 bits per heavy atom. The predicted octanol–water partition coefficient (Wildman–Crippen LogP) is 3.84. The maximum absolute atomic E-state index is 12.4. The number of benzene rings is 2. The summed E-state index contributed by atoms with van der Waals surface area (Å²) in [4.78, 5) is 12.4. The van der Waals surface area contributed by atoms with Gasteiger partial charge in [-0.2, -0.15) is 0 Å². The standard InChI is InChI=1S/C23H24N2O5/c1-27-22-12-16(9-10-20(22)29-15-18-8-5-11-28-18)14-24-23(26)19-13-21(30-25-19)17-6-3-2-4-7-17/h2-4,6-7,9-10,12-13,18H,5,8,11,14-15H2,1H3,(H,24,26). The predicted molar refractivity (Wildman–Crippen MR) is 111 cm³/mol. The van der Waals surface area contributed by atoms with Crippen molar-refractivity contribution in [1.29, 1.82) is 0 Å². The van der Waals surface area contributed by atoms with Gasteiger partial charge in [-0.25, -0.2) is 0 Å². The van der Waals surface area contributed by atoms with Crippen LogP contribution in [0.25, 0.3) is 11.3 Å². The van der Waals surface area contributed by atoms with E-state index in [1.807, 2.05) is 48.5 Å². The highest BCUT2D eigenvalue weighted by Gasteiger charge is 2.18. The zero-order valence-electron chi connectivity index (χ0n) is 16.8. The van der Waals surface area contributed by atoms with E-state index in [0.29, 0.717) is 30.4 Å². The van der Waals surface area contributed by atoms with Crippen LogP contribution in [-0.2, 0) is 11.3 Å². The van der Waals surface area contributed by atoms with Crippen molar-refractivity contribution >= 4 is 5.91 Å². The summed E-state index contributed by atoms with van der Waals surface area (Å²) in [6.07, 6.45) is 2.22. The third-order valence-electron chi connectivity index (χ3n) is 4.93. The fourth-order valence-electron chi connectivity index (χ4n) is 3.29. The average molecular weight is 408 g/mol. The van der Waals surface area contributed by atoms with Crippen LogP contribution < -0.4 is 14.8 Å². The molecule has 0 aliphatic carbocycles. The van der Waals surface area contributed by atoms with Crippen LogP contribution >= 0.6 is 0 Å². The number of aromatic nitrogens is 1. The fourth-order valence-corrected chi connectivity index (χ4v) is 3.29. The molecule has 30 heavy (non-hydrogen) atoms. The number of hydrogen-bond donors (Lipinski definition) is 1. The van der Waals surface area contributed by atoms with Crippen molar-refractivity contribution in [2.75, 3.05) is 20.3 Å². The molecule has 1 aromatic heterocycles. The summed E-state index contributed by atoms with van der Waals surface area (Å²) in [7, 11) is 1.59. The van der Waals surface area contributed by atoms with Crippen molar-refractivity contribution < 1.29 is 23.5 Å². The lowest BCUT2D eigenvalue weighted by Crippen LogP contribution is -2.23. The summed E-state index contributed by atoms with van der Waals surface area (Å²) in [6.45, 7) is 1.62. The molecule has 2 heterocycles. The first-order chi connectivity index (χ1) is 14.7. The number of nitrogens with zero attached hydrogens (tertiary/aromatic N) is 1. The fraction of sp³-hybridized carbons (Fsp3) is 0.304. The molecule has 0 saturated carbocycles. The van der Waals surface area contributed by atoms with Crippen LogP contribution in [0.4, 0.5) is 0 Å². The number of methoxy groups -OCH3 is 1. The molecule has 0 radical (unpaired) electrons. The lowest BCUT2D eigenvalue weighted by molar-refractivity contribution is 0.0669. The van der Waals surface area contributed by atoms with E-state index in [9.17, 15) is 4.79 Å². The van der Waals surface area contributed by atoms with Gasteiger partial charge in [0.2, 0.25) is 0 Å². The SMILES string of the molecule is COc1cc(CNC(=O)c2cc(-c3ccccc3)on2)ccc1OCC1CCCO1. The summed E-state index contributed by atoms with van der Waals surface area (Å²) in [5.41, 5.74) is 1.99. The number of nitrogens with one attached hydrogen (secondary N) is 1. The minimum absolute atomic E-state index is 0.136. The normalized spacial score (nSPS) is 15.7. The monoisotopic (exact) mass is 408 g/mol. The lowest BCUT2D eigenvalue weighted by Gasteiger charge is -2.15. The number of ether oxygens (including phenoxy) is 3. The summed E-state index contributed by atoms with van der Waals surface area (Å²) >= 11 is 0. The van der Waals surface area contributed by atoms with Crippen LogP contribution in [0.5, 0.6) is 11.5 Å². The molecule has 1 amide bonds. The van der Waals surface area contributed by atoms with E-state index in [0.717, 1.165) is 30.6 Å². The van der Waals surface area contributed by atoms with Gasteiger partial charge in [-0.1, -0.05) is 41.6 Å². The third kappa shape index (κ3) is 4.80. The Balaban J connectivity index is 1.35. The Morgan fingerprint density at radius 2 is 2.03 bits per heavy atom. The Hall–Kier alpha value is -3.32. The highest BCUT2D eigenvalue weighted by atomic mass is 16.5. The number of carbonyl (C=O) groups excluding carboxylic acids is 1. The molecule has 2 aromatic carbocycles. The molecule has 7 heteroatoms. The van der Waals surface area contributed by atoms with Crippen molar-refractivity contribution in [2.45, 2.75) is 25.5 Å².